The van der Waals surface area contributed by atoms with Crippen molar-refractivity contribution in [1.29, 1.82) is 0 Å². The van der Waals surface area contributed by atoms with Crippen LogP contribution in [0.5, 0.6) is 0 Å². The van der Waals surface area contributed by atoms with Crippen LogP contribution in [0.1, 0.15) is 16.1 Å². The van der Waals surface area contributed by atoms with Crippen molar-refractivity contribution >= 4 is 34.8 Å². The molecule has 0 fully saturated rings. The minimum absolute atomic E-state index is 0.0707. The molecule has 1 aromatic carbocycles. The minimum atomic E-state index is -0.438. The van der Waals surface area contributed by atoms with Crippen molar-refractivity contribution in [3.8, 4) is 5.69 Å². The van der Waals surface area contributed by atoms with Crippen LogP contribution in [0.25, 0.3) is 5.69 Å². The van der Waals surface area contributed by atoms with Gasteiger partial charge < -0.3 is 5.32 Å². The van der Waals surface area contributed by atoms with Crippen molar-refractivity contribution < 1.29 is 4.79 Å². The highest BCUT2D eigenvalue weighted by Gasteiger charge is 2.14. The molecule has 1 amide bonds. The van der Waals surface area contributed by atoms with Crippen molar-refractivity contribution in [1.82, 2.24) is 25.2 Å². The van der Waals surface area contributed by atoms with E-state index in [4.69, 9.17) is 23.2 Å². The number of carbonyl (C=O) groups is 1. The smallest absolute Gasteiger partial charge is 0.275 e. The number of hydrogen-bond donors (Lipinski definition) is 1. The number of nitrogens with zero attached hydrogens (tertiary/aromatic N) is 5. The average Bonchev–Trinajstić information content (AvgIpc) is 3.04. The number of nitrogens with one attached hydrogen (secondary N) is 1. The molecular formula is C14H10Cl2N6O. The van der Waals surface area contributed by atoms with Crippen LogP contribution in [-0.2, 0) is 0 Å². The van der Waals surface area contributed by atoms with Gasteiger partial charge in [0.2, 0.25) is 0 Å². The Hall–Kier alpha value is -2.51. The molecule has 0 aliphatic heterocycles. The maximum Gasteiger partial charge on any atom is 0.275 e. The van der Waals surface area contributed by atoms with Crippen LogP contribution < -0.4 is 5.32 Å². The lowest BCUT2D eigenvalue weighted by atomic mass is 10.1. The molecule has 116 valence electrons. The quantitative estimate of drug-likeness (QED) is 0.735. The van der Waals surface area contributed by atoms with Gasteiger partial charge in [0.25, 0.3) is 5.91 Å². The number of amides is 1. The number of rotatable bonds is 3. The van der Waals surface area contributed by atoms with E-state index in [-0.39, 0.29) is 15.9 Å². The Kier molecular flexibility index (Phi) is 4.22. The summed E-state index contributed by atoms with van der Waals surface area (Å²) in [5.41, 5.74) is 2.37. The van der Waals surface area contributed by atoms with E-state index in [0.717, 1.165) is 11.3 Å². The minimum Gasteiger partial charge on any atom is -0.321 e. The van der Waals surface area contributed by atoms with Gasteiger partial charge in [-0.1, -0.05) is 23.2 Å². The third kappa shape index (κ3) is 3.30. The van der Waals surface area contributed by atoms with Crippen molar-refractivity contribution in [3.63, 3.8) is 0 Å². The highest BCUT2D eigenvalue weighted by Crippen LogP contribution is 2.21. The molecule has 1 N–H and O–H groups in total. The van der Waals surface area contributed by atoms with Crippen LogP contribution in [0.2, 0.25) is 10.2 Å². The normalized spacial score (nSPS) is 10.6. The van der Waals surface area contributed by atoms with Gasteiger partial charge in [0.15, 0.2) is 0 Å². The summed E-state index contributed by atoms with van der Waals surface area (Å²) < 4.78 is 1.54. The third-order valence-electron chi connectivity index (χ3n) is 3.08. The molecule has 0 aliphatic carbocycles. The first-order valence-corrected chi connectivity index (χ1v) is 7.27. The van der Waals surface area contributed by atoms with Crippen LogP contribution in [-0.4, -0.2) is 31.1 Å². The number of pyridine rings is 1. The molecule has 3 rings (SSSR count). The second-order valence-corrected chi connectivity index (χ2v) is 5.47. The predicted molar refractivity (Wildman–Crippen MR) is 86.1 cm³/mol. The molecule has 7 nitrogen and oxygen atoms in total. The number of aryl methyl sites for hydroxylation is 1. The van der Waals surface area contributed by atoms with Gasteiger partial charge in [0.05, 0.1) is 10.7 Å². The van der Waals surface area contributed by atoms with Crippen molar-refractivity contribution in [2.24, 2.45) is 0 Å². The zero-order valence-corrected chi connectivity index (χ0v) is 13.4. The molecule has 0 aliphatic rings. The van der Waals surface area contributed by atoms with E-state index in [2.05, 4.69) is 25.8 Å². The number of aromatic nitrogens is 5. The number of halogens is 2. The molecular weight excluding hydrogens is 339 g/mol. The van der Waals surface area contributed by atoms with E-state index in [1.807, 2.05) is 6.92 Å². The van der Waals surface area contributed by atoms with Crippen molar-refractivity contribution in [2.75, 3.05) is 5.32 Å². The van der Waals surface area contributed by atoms with Gasteiger partial charge in [-0.25, -0.2) is 9.67 Å². The fourth-order valence-corrected chi connectivity index (χ4v) is 2.37. The highest BCUT2D eigenvalue weighted by atomic mass is 35.5. The fourth-order valence-electron chi connectivity index (χ4n) is 2.03. The van der Waals surface area contributed by atoms with E-state index >= 15 is 0 Å². The summed E-state index contributed by atoms with van der Waals surface area (Å²) in [6.45, 7) is 1.89. The summed E-state index contributed by atoms with van der Waals surface area (Å²) >= 11 is 11.8. The Morgan fingerprint density at radius 2 is 2.04 bits per heavy atom. The maximum absolute atomic E-state index is 12.3. The van der Waals surface area contributed by atoms with Crippen LogP contribution in [0, 0.1) is 6.92 Å². The van der Waals surface area contributed by atoms with Gasteiger partial charge in [0.1, 0.15) is 17.2 Å². The molecule has 9 heteroatoms. The molecule has 2 aromatic heterocycles. The van der Waals surface area contributed by atoms with E-state index in [9.17, 15) is 4.79 Å². The van der Waals surface area contributed by atoms with E-state index < -0.39 is 5.91 Å². The lowest BCUT2D eigenvalue weighted by Gasteiger charge is -2.09. The SMILES string of the molecule is Cc1cc(NC(=O)c2nc(Cl)ccc2Cl)ccc1-n1cnnn1. The summed E-state index contributed by atoms with van der Waals surface area (Å²) in [6, 6.07) is 8.38. The number of tetrazole rings is 1. The Bertz CT molecular complexity index is 866. The van der Waals surface area contributed by atoms with Gasteiger partial charge in [-0.2, -0.15) is 0 Å². The molecule has 0 saturated carbocycles. The molecule has 0 bridgehead atoms. The monoisotopic (exact) mass is 348 g/mol. The highest BCUT2D eigenvalue weighted by molar-refractivity contribution is 6.35. The van der Waals surface area contributed by atoms with Gasteiger partial charge in [0, 0.05) is 5.69 Å². The lowest BCUT2D eigenvalue weighted by Crippen LogP contribution is -2.14. The first-order valence-electron chi connectivity index (χ1n) is 6.52. The summed E-state index contributed by atoms with van der Waals surface area (Å²) in [4.78, 5) is 16.2. The Labute approximate surface area is 141 Å². The predicted octanol–water partition coefficient (Wildman–Crippen LogP) is 2.92. The zero-order valence-electron chi connectivity index (χ0n) is 11.9. The van der Waals surface area contributed by atoms with Crippen molar-refractivity contribution in [3.05, 3.63) is 58.1 Å². The first kappa shape index (κ1) is 15.4. The van der Waals surface area contributed by atoms with Crippen LogP contribution in [0.15, 0.2) is 36.7 Å². The topological polar surface area (TPSA) is 85.6 Å². The summed E-state index contributed by atoms with van der Waals surface area (Å²) in [5, 5.41) is 14.2. The average molecular weight is 349 g/mol. The van der Waals surface area contributed by atoms with E-state index in [1.165, 1.54) is 23.1 Å². The molecule has 0 unspecified atom stereocenters. The van der Waals surface area contributed by atoms with Crippen LogP contribution in [0.3, 0.4) is 0 Å². The maximum atomic E-state index is 12.3. The zero-order chi connectivity index (χ0) is 16.4. The van der Waals surface area contributed by atoms with E-state index in [1.54, 1.807) is 18.2 Å². The summed E-state index contributed by atoms with van der Waals surface area (Å²) in [5.74, 6) is -0.438. The first-order chi connectivity index (χ1) is 11.0. The van der Waals surface area contributed by atoms with Gasteiger partial charge in [-0.15, -0.1) is 5.10 Å². The molecule has 0 saturated heterocycles. The van der Waals surface area contributed by atoms with E-state index in [0.29, 0.717) is 5.69 Å². The molecule has 0 atom stereocenters. The number of hydrogen-bond acceptors (Lipinski definition) is 5. The molecule has 3 aromatic rings. The second-order valence-electron chi connectivity index (χ2n) is 4.67. The molecule has 0 radical (unpaired) electrons. The Balaban J connectivity index is 1.84. The lowest BCUT2D eigenvalue weighted by molar-refractivity contribution is 0.102. The van der Waals surface area contributed by atoms with Crippen molar-refractivity contribution in [2.45, 2.75) is 6.92 Å². The molecule has 23 heavy (non-hydrogen) atoms. The third-order valence-corrected chi connectivity index (χ3v) is 3.59. The molecule has 0 spiro atoms. The van der Waals surface area contributed by atoms with Gasteiger partial charge in [-0.3, -0.25) is 4.79 Å². The van der Waals surface area contributed by atoms with Crippen LogP contribution in [0.4, 0.5) is 5.69 Å². The number of benzene rings is 1. The standard InChI is InChI=1S/C14H10Cl2N6O/c1-8-6-9(2-4-11(8)22-7-17-20-21-22)18-14(23)13-10(15)3-5-12(16)19-13/h2-7H,1H3,(H,18,23). The molecule has 2 heterocycles. The Morgan fingerprint density at radius 3 is 2.74 bits per heavy atom. The fraction of sp³-hybridized carbons (Fsp3) is 0.0714. The van der Waals surface area contributed by atoms with Gasteiger partial charge >= 0.3 is 0 Å². The van der Waals surface area contributed by atoms with Gasteiger partial charge in [-0.05, 0) is 53.2 Å². The number of carbonyl (C=O) groups excluding carboxylic acids is 1. The summed E-state index contributed by atoms with van der Waals surface area (Å²) in [7, 11) is 0. The largest absolute Gasteiger partial charge is 0.321 e. The number of anilines is 1. The summed E-state index contributed by atoms with van der Waals surface area (Å²) in [6.07, 6.45) is 1.50. The second kappa shape index (κ2) is 6.31. The Morgan fingerprint density at radius 1 is 1.22 bits per heavy atom. The van der Waals surface area contributed by atoms with Crippen LogP contribution >= 0.6 is 23.2 Å².